The Morgan fingerprint density at radius 2 is 2.06 bits per heavy atom. The minimum atomic E-state index is -1.21. The van der Waals surface area contributed by atoms with Crippen LogP contribution in [0.25, 0.3) is 0 Å². The highest BCUT2D eigenvalue weighted by Gasteiger charge is 2.26. The van der Waals surface area contributed by atoms with Gasteiger partial charge in [-0.25, -0.2) is 8.78 Å². The third-order valence-electron chi connectivity index (χ3n) is 2.83. The van der Waals surface area contributed by atoms with E-state index in [1.807, 2.05) is 6.92 Å². The van der Waals surface area contributed by atoms with Gasteiger partial charge in [0.15, 0.2) is 0 Å². The minimum absolute atomic E-state index is 0.147. The number of carbonyl (C=O) groups is 1. The van der Waals surface area contributed by atoms with Gasteiger partial charge >= 0.3 is 5.97 Å². The number of hydrogen-bond donors (Lipinski definition) is 2. The molecule has 0 amide bonds. The van der Waals surface area contributed by atoms with E-state index in [0.717, 1.165) is 6.07 Å². The number of aliphatic carboxylic acids is 1. The number of hydrogen-bond acceptors (Lipinski definition) is 2. The predicted molar refractivity (Wildman–Crippen MR) is 64.4 cm³/mol. The van der Waals surface area contributed by atoms with Gasteiger partial charge in [0.2, 0.25) is 0 Å². The molecule has 0 bridgehead atoms. The standard InChI is InChI=1S/C13H17F2NO2/c1-3-9(13(17)18)11-10(14)6-5-8(12(11)15)7-16-4-2/h5-6,9,16H,3-4,7H2,1-2H3,(H,17,18). The van der Waals surface area contributed by atoms with Gasteiger partial charge in [0.25, 0.3) is 0 Å². The number of carboxylic acid groups (broad SMARTS) is 1. The average Bonchev–Trinajstić information content (AvgIpc) is 2.33. The molecule has 0 saturated carbocycles. The van der Waals surface area contributed by atoms with Crippen LogP contribution in [-0.4, -0.2) is 17.6 Å². The zero-order valence-corrected chi connectivity index (χ0v) is 10.5. The lowest BCUT2D eigenvalue weighted by Crippen LogP contribution is -2.18. The molecule has 0 aliphatic rings. The molecule has 100 valence electrons. The molecule has 2 N–H and O–H groups in total. The number of rotatable bonds is 6. The lowest BCUT2D eigenvalue weighted by atomic mass is 9.93. The van der Waals surface area contributed by atoms with Crippen LogP contribution in [0.15, 0.2) is 12.1 Å². The molecule has 0 radical (unpaired) electrons. The van der Waals surface area contributed by atoms with Crippen molar-refractivity contribution < 1.29 is 18.7 Å². The highest BCUT2D eigenvalue weighted by atomic mass is 19.1. The molecule has 1 aromatic carbocycles. The third-order valence-corrected chi connectivity index (χ3v) is 2.83. The molecule has 0 heterocycles. The fraction of sp³-hybridized carbons (Fsp3) is 0.462. The maximum atomic E-state index is 14.1. The Balaban J connectivity index is 3.20. The van der Waals surface area contributed by atoms with Crippen molar-refractivity contribution in [2.24, 2.45) is 0 Å². The molecule has 0 aliphatic heterocycles. The zero-order chi connectivity index (χ0) is 13.7. The van der Waals surface area contributed by atoms with Crippen molar-refractivity contribution in [2.45, 2.75) is 32.7 Å². The summed E-state index contributed by atoms with van der Waals surface area (Å²) in [5, 5.41) is 11.9. The van der Waals surface area contributed by atoms with Crippen LogP contribution in [0.4, 0.5) is 8.78 Å². The molecule has 0 aliphatic carbocycles. The molecule has 0 saturated heterocycles. The topological polar surface area (TPSA) is 49.3 Å². The van der Waals surface area contributed by atoms with Crippen LogP contribution in [0.5, 0.6) is 0 Å². The molecule has 18 heavy (non-hydrogen) atoms. The van der Waals surface area contributed by atoms with Gasteiger partial charge in [0.05, 0.1) is 5.92 Å². The molecular weight excluding hydrogens is 240 g/mol. The highest BCUT2D eigenvalue weighted by Crippen LogP contribution is 2.27. The predicted octanol–water partition coefficient (Wildman–Crippen LogP) is 2.65. The monoisotopic (exact) mass is 257 g/mol. The van der Waals surface area contributed by atoms with Crippen molar-refractivity contribution in [1.29, 1.82) is 0 Å². The van der Waals surface area contributed by atoms with Crippen LogP contribution in [0.3, 0.4) is 0 Å². The van der Waals surface area contributed by atoms with Crippen LogP contribution < -0.4 is 5.32 Å². The number of halogens is 2. The van der Waals surface area contributed by atoms with Gasteiger partial charge in [-0.15, -0.1) is 0 Å². The third kappa shape index (κ3) is 3.04. The first-order valence-electron chi connectivity index (χ1n) is 5.93. The van der Waals surface area contributed by atoms with Crippen LogP contribution in [0, 0.1) is 11.6 Å². The Hall–Kier alpha value is -1.49. The van der Waals surface area contributed by atoms with Crippen LogP contribution in [0.1, 0.15) is 37.3 Å². The van der Waals surface area contributed by atoms with E-state index in [2.05, 4.69) is 5.32 Å². The molecule has 0 aromatic heterocycles. The van der Waals surface area contributed by atoms with Gasteiger partial charge in [-0.2, -0.15) is 0 Å². The molecule has 0 fully saturated rings. The molecule has 1 rings (SSSR count). The van der Waals surface area contributed by atoms with Gasteiger partial charge < -0.3 is 10.4 Å². The quantitative estimate of drug-likeness (QED) is 0.823. The number of nitrogens with one attached hydrogen (secondary N) is 1. The maximum absolute atomic E-state index is 14.1. The van der Waals surface area contributed by atoms with Gasteiger partial charge in [0.1, 0.15) is 11.6 Å². The van der Waals surface area contributed by atoms with Crippen LogP contribution >= 0.6 is 0 Å². The van der Waals surface area contributed by atoms with E-state index in [1.165, 1.54) is 6.07 Å². The Bertz CT molecular complexity index is 435. The second-order valence-corrected chi connectivity index (χ2v) is 4.01. The summed E-state index contributed by atoms with van der Waals surface area (Å²) in [5.41, 5.74) is -0.0617. The van der Waals surface area contributed by atoms with Crippen molar-refractivity contribution >= 4 is 5.97 Å². The molecule has 1 atom stereocenters. The smallest absolute Gasteiger partial charge is 0.311 e. The Labute approximate surface area is 105 Å². The van der Waals surface area contributed by atoms with Gasteiger partial charge in [0, 0.05) is 17.7 Å². The highest BCUT2D eigenvalue weighted by molar-refractivity contribution is 5.76. The fourth-order valence-corrected chi connectivity index (χ4v) is 1.83. The largest absolute Gasteiger partial charge is 0.481 e. The molecule has 1 unspecified atom stereocenters. The Morgan fingerprint density at radius 3 is 2.56 bits per heavy atom. The normalized spacial score (nSPS) is 12.4. The Kier molecular flexibility index (Phi) is 5.22. The van der Waals surface area contributed by atoms with Crippen LogP contribution in [-0.2, 0) is 11.3 Å². The van der Waals surface area contributed by atoms with E-state index in [0.29, 0.717) is 6.54 Å². The zero-order valence-electron chi connectivity index (χ0n) is 10.5. The molecule has 0 spiro atoms. The van der Waals surface area contributed by atoms with E-state index >= 15 is 0 Å². The summed E-state index contributed by atoms with van der Waals surface area (Å²) >= 11 is 0. The second kappa shape index (κ2) is 6.44. The van der Waals surface area contributed by atoms with Crippen molar-refractivity contribution in [3.8, 4) is 0 Å². The van der Waals surface area contributed by atoms with Gasteiger partial charge in [-0.3, -0.25) is 4.79 Å². The van der Waals surface area contributed by atoms with Crippen molar-refractivity contribution in [3.63, 3.8) is 0 Å². The summed E-state index contributed by atoms with van der Waals surface area (Å²) in [6, 6.07) is 2.46. The van der Waals surface area contributed by atoms with E-state index in [-0.39, 0.29) is 24.1 Å². The van der Waals surface area contributed by atoms with Crippen LogP contribution in [0.2, 0.25) is 0 Å². The van der Waals surface area contributed by atoms with E-state index < -0.39 is 23.5 Å². The van der Waals surface area contributed by atoms with Crippen molar-refractivity contribution in [1.82, 2.24) is 5.32 Å². The first-order chi connectivity index (χ1) is 8.52. The fourth-order valence-electron chi connectivity index (χ4n) is 1.83. The number of benzene rings is 1. The summed E-state index contributed by atoms with van der Waals surface area (Å²) in [6.45, 7) is 4.37. The average molecular weight is 257 g/mol. The van der Waals surface area contributed by atoms with E-state index in [9.17, 15) is 13.6 Å². The lowest BCUT2D eigenvalue weighted by molar-refractivity contribution is -0.139. The molecular formula is C13H17F2NO2. The molecule has 5 heteroatoms. The summed E-state index contributed by atoms with van der Waals surface area (Å²) < 4.78 is 27.7. The SMILES string of the molecule is CCNCc1ccc(F)c(C(CC)C(=O)O)c1F. The van der Waals surface area contributed by atoms with E-state index in [1.54, 1.807) is 6.92 Å². The van der Waals surface area contributed by atoms with Crippen molar-refractivity contribution in [3.05, 3.63) is 34.9 Å². The summed E-state index contributed by atoms with van der Waals surface area (Å²) in [6.07, 6.45) is 0.147. The minimum Gasteiger partial charge on any atom is -0.481 e. The first kappa shape index (κ1) is 14.6. The lowest BCUT2D eigenvalue weighted by Gasteiger charge is -2.15. The molecule has 3 nitrogen and oxygen atoms in total. The van der Waals surface area contributed by atoms with E-state index in [4.69, 9.17) is 5.11 Å². The summed E-state index contributed by atoms with van der Waals surface area (Å²) in [5.74, 6) is -3.92. The van der Waals surface area contributed by atoms with Gasteiger partial charge in [-0.1, -0.05) is 19.9 Å². The summed E-state index contributed by atoms with van der Waals surface area (Å²) in [7, 11) is 0. The van der Waals surface area contributed by atoms with Crippen molar-refractivity contribution in [2.75, 3.05) is 6.54 Å². The maximum Gasteiger partial charge on any atom is 0.311 e. The molecule has 1 aromatic rings. The summed E-state index contributed by atoms with van der Waals surface area (Å²) in [4.78, 5) is 11.0. The second-order valence-electron chi connectivity index (χ2n) is 4.01. The number of carboxylic acids is 1. The Morgan fingerprint density at radius 1 is 1.39 bits per heavy atom. The first-order valence-corrected chi connectivity index (χ1v) is 5.93. The van der Waals surface area contributed by atoms with Gasteiger partial charge in [-0.05, 0) is 19.0 Å².